The van der Waals surface area contributed by atoms with E-state index in [2.05, 4.69) is 57.7 Å². The van der Waals surface area contributed by atoms with Gasteiger partial charge in [-0.1, -0.05) is 36.4 Å². The number of nitrogens with zero attached hydrogens (tertiary/aromatic N) is 2. The van der Waals surface area contributed by atoms with Crippen LogP contribution in [0.3, 0.4) is 0 Å². The number of nitrogens with one attached hydrogen (secondary N) is 2. The zero-order chi connectivity index (χ0) is 18.6. The Kier molecular flexibility index (Phi) is 5.41. The normalized spacial score (nSPS) is 17.3. The van der Waals surface area contributed by atoms with Crippen molar-refractivity contribution in [3.05, 3.63) is 59.8 Å². The maximum Gasteiger partial charge on any atom is 0.123 e. The summed E-state index contributed by atoms with van der Waals surface area (Å²) in [4.78, 5) is 2.52. The van der Waals surface area contributed by atoms with E-state index in [9.17, 15) is 0 Å². The average Bonchev–Trinajstić information content (AvgIpc) is 3.14. The van der Waals surface area contributed by atoms with Gasteiger partial charge in [0.05, 0.1) is 18.3 Å². The number of hydrogen-bond acceptors (Lipinski definition) is 4. The second-order valence-corrected chi connectivity index (χ2v) is 7.41. The van der Waals surface area contributed by atoms with Crippen molar-refractivity contribution in [2.45, 2.75) is 38.4 Å². The molecule has 0 radical (unpaired) electrons. The van der Waals surface area contributed by atoms with Gasteiger partial charge in [-0.25, -0.2) is 0 Å². The zero-order valence-electron chi connectivity index (χ0n) is 16.1. The molecule has 1 aromatic heterocycles. The van der Waals surface area contributed by atoms with Crippen LogP contribution in [0.5, 0.6) is 5.75 Å². The highest BCUT2D eigenvalue weighted by Gasteiger charge is 2.22. The van der Waals surface area contributed by atoms with Crippen LogP contribution < -0.4 is 10.1 Å². The third-order valence-electron chi connectivity index (χ3n) is 5.58. The number of benzene rings is 2. The van der Waals surface area contributed by atoms with E-state index in [4.69, 9.17) is 4.74 Å². The van der Waals surface area contributed by atoms with E-state index in [-0.39, 0.29) is 6.04 Å². The Morgan fingerprint density at radius 2 is 1.89 bits per heavy atom. The summed E-state index contributed by atoms with van der Waals surface area (Å²) < 4.78 is 5.49. The number of methoxy groups -OCH3 is 1. The van der Waals surface area contributed by atoms with Crippen molar-refractivity contribution in [3.8, 4) is 5.75 Å². The van der Waals surface area contributed by atoms with Crippen LogP contribution in [0.15, 0.2) is 48.5 Å². The first-order valence-corrected chi connectivity index (χ1v) is 9.78. The lowest BCUT2D eigenvalue weighted by Gasteiger charge is -2.34. The van der Waals surface area contributed by atoms with Crippen molar-refractivity contribution in [2.75, 3.05) is 20.2 Å². The molecule has 1 unspecified atom stereocenters. The molecule has 1 saturated heterocycles. The molecule has 0 saturated carbocycles. The molecule has 0 bridgehead atoms. The summed E-state index contributed by atoms with van der Waals surface area (Å²) in [5.41, 5.74) is 3.48. The van der Waals surface area contributed by atoms with Crippen LogP contribution >= 0.6 is 0 Å². The minimum absolute atomic E-state index is 0.267. The van der Waals surface area contributed by atoms with Gasteiger partial charge in [-0.15, -0.1) is 0 Å². The monoisotopic (exact) mass is 364 g/mol. The van der Waals surface area contributed by atoms with Crippen LogP contribution in [0, 0.1) is 0 Å². The van der Waals surface area contributed by atoms with Gasteiger partial charge >= 0.3 is 0 Å². The molecular formula is C22H28N4O. The molecular weight excluding hydrogens is 336 g/mol. The fraction of sp³-hybridized carbons (Fsp3) is 0.409. The molecule has 142 valence electrons. The molecule has 5 nitrogen and oxygen atoms in total. The summed E-state index contributed by atoms with van der Waals surface area (Å²) >= 11 is 0. The van der Waals surface area contributed by atoms with Gasteiger partial charge in [-0.05, 0) is 45.0 Å². The zero-order valence-corrected chi connectivity index (χ0v) is 16.1. The van der Waals surface area contributed by atoms with Crippen LogP contribution in [0.1, 0.15) is 37.1 Å². The number of H-pyrrole nitrogens is 1. The molecule has 0 aliphatic carbocycles. The van der Waals surface area contributed by atoms with Crippen LogP contribution in [-0.2, 0) is 6.54 Å². The maximum absolute atomic E-state index is 5.49. The first kappa shape index (κ1) is 18.0. The van der Waals surface area contributed by atoms with Crippen molar-refractivity contribution in [3.63, 3.8) is 0 Å². The predicted octanol–water partition coefficient (Wildman–Crippen LogP) is 3.89. The SMILES string of the molecule is COc1ccccc1CN1CCC(NC(C)c2[nH]nc3ccccc23)CC1. The highest BCUT2D eigenvalue weighted by atomic mass is 16.5. The van der Waals surface area contributed by atoms with Gasteiger partial charge in [0.25, 0.3) is 0 Å². The predicted molar refractivity (Wildman–Crippen MR) is 109 cm³/mol. The molecule has 1 aliphatic rings. The number of rotatable bonds is 6. The van der Waals surface area contributed by atoms with E-state index in [1.165, 1.54) is 16.6 Å². The molecule has 2 N–H and O–H groups in total. The minimum Gasteiger partial charge on any atom is -0.496 e. The number of para-hydroxylation sites is 2. The quantitative estimate of drug-likeness (QED) is 0.697. The molecule has 1 atom stereocenters. The topological polar surface area (TPSA) is 53.2 Å². The third kappa shape index (κ3) is 3.99. The summed E-state index contributed by atoms with van der Waals surface area (Å²) in [5.74, 6) is 0.984. The van der Waals surface area contributed by atoms with E-state index < -0.39 is 0 Å². The molecule has 27 heavy (non-hydrogen) atoms. The molecule has 5 heteroatoms. The summed E-state index contributed by atoms with van der Waals surface area (Å²) in [7, 11) is 1.75. The number of aromatic nitrogens is 2. The molecule has 3 aromatic rings. The second-order valence-electron chi connectivity index (χ2n) is 7.41. The Bertz CT molecular complexity index is 883. The lowest BCUT2D eigenvalue weighted by atomic mass is 10.0. The highest BCUT2D eigenvalue weighted by Crippen LogP contribution is 2.24. The van der Waals surface area contributed by atoms with Crippen molar-refractivity contribution in [1.82, 2.24) is 20.4 Å². The number of ether oxygens (including phenoxy) is 1. The van der Waals surface area contributed by atoms with Crippen molar-refractivity contribution < 1.29 is 4.74 Å². The molecule has 1 fully saturated rings. The Labute approximate surface area is 160 Å². The lowest BCUT2D eigenvalue weighted by Crippen LogP contribution is -2.43. The Hall–Kier alpha value is -2.37. The molecule has 2 heterocycles. The molecule has 4 rings (SSSR count). The molecule has 2 aromatic carbocycles. The number of hydrogen-bond donors (Lipinski definition) is 2. The summed E-state index contributed by atoms with van der Waals surface area (Å²) in [6, 6.07) is 17.4. The average molecular weight is 364 g/mol. The fourth-order valence-electron chi connectivity index (χ4n) is 4.08. The van der Waals surface area contributed by atoms with E-state index in [1.54, 1.807) is 7.11 Å². The minimum atomic E-state index is 0.267. The fourth-order valence-corrected chi connectivity index (χ4v) is 4.08. The third-order valence-corrected chi connectivity index (χ3v) is 5.58. The van der Waals surface area contributed by atoms with E-state index in [0.717, 1.165) is 43.7 Å². The van der Waals surface area contributed by atoms with Crippen molar-refractivity contribution >= 4 is 10.9 Å². The Balaban J connectivity index is 1.33. The number of piperidine rings is 1. The van der Waals surface area contributed by atoms with E-state index in [0.29, 0.717) is 6.04 Å². The number of aromatic amines is 1. The van der Waals surface area contributed by atoms with Crippen LogP contribution in [0.25, 0.3) is 10.9 Å². The summed E-state index contributed by atoms with van der Waals surface area (Å²) in [6.07, 6.45) is 2.32. The largest absolute Gasteiger partial charge is 0.496 e. The van der Waals surface area contributed by atoms with Gasteiger partial charge in [0.1, 0.15) is 5.75 Å². The van der Waals surface area contributed by atoms with Crippen molar-refractivity contribution in [2.24, 2.45) is 0 Å². The standard InChI is InChI=1S/C22H28N4O/c1-16(22-19-8-4-5-9-20(19)24-25-22)23-18-11-13-26(14-12-18)15-17-7-3-6-10-21(17)27-2/h3-10,16,18,23H,11-15H2,1-2H3,(H,24,25). The maximum atomic E-state index is 5.49. The number of fused-ring (bicyclic) bond motifs is 1. The molecule has 1 aliphatic heterocycles. The van der Waals surface area contributed by atoms with Gasteiger partial charge in [-0.3, -0.25) is 10.00 Å². The smallest absolute Gasteiger partial charge is 0.123 e. The van der Waals surface area contributed by atoms with Crippen LogP contribution in [-0.4, -0.2) is 41.3 Å². The van der Waals surface area contributed by atoms with Crippen LogP contribution in [0.2, 0.25) is 0 Å². The first-order valence-electron chi connectivity index (χ1n) is 9.78. The summed E-state index contributed by atoms with van der Waals surface area (Å²) in [5, 5.41) is 12.7. The van der Waals surface area contributed by atoms with Gasteiger partial charge in [0.2, 0.25) is 0 Å². The number of likely N-dealkylation sites (tertiary alicyclic amines) is 1. The van der Waals surface area contributed by atoms with Crippen molar-refractivity contribution in [1.29, 1.82) is 0 Å². The van der Waals surface area contributed by atoms with Gasteiger partial charge < -0.3 is 10.1 Å². The van der Waals surface area contributed by atoms with E-state index >= 15 is 0 Å². The molecule has 0 spiro atoms. The van der Waals surface area contributed by atoms with Crippen LogP contribution in [0.4, 0.5) is 0 Å². The lowest BCUT2D eigenvalue weighted by molar-refractivity contribution is 0.183. The Morgan fingerprint density at radius 3 is 2.70 bits per heavy atom. The van der Waals surface area contributed by atoms with E-state index in [1.807, 2.05) is 18.2 Å². The summed E-state index contributed by atoms with van der Waals surface area (Å²) in [6.45, 7) is 5.39. The second kappa shape index (κ2) is 8.11. The van der Waals surface area contributed by atoms with Gasteiger partial charge in [0.15, 0.2) is 0 Å². The van der Waals surface area contributed by atoms with Gasteiger partial charge in [0, 0.05) is 29.6 Å². The Morgan fingerprint density at radius 1 is 1.15 bits per heavy atom. The van der Waals surface area contributed by atoms with Gasteiger partial charge in [-0.2, -0.15) is 5.10 Å². The molecule has 0 amide bonds. The highest BCUT2D eigenvalue weighted by molar-refractivity contribution is 5.81. The first-order chi connectivity index (χ1) is 13.2.